The Morgan fingerprint density at radius 2 is 2.05 bits per heavy atom. The Balaban J connectivity index is 1.99. The number of nitrogens with zero attached hydrogens (tertiary/aromatic N) is 1. The molecule has 2 unspecified atom stereocenters. The fraction of sp³-hybridized carbons (Fsp3) is 0.625. The fourth-order valence-electron chi connectivity index (χ4n) is 2.57. The van der Waals surface area contributed by atoms with E-state index < -0.39 is 0 Å². The van der Waals surface area contributed by atoms with Gasteiger partial charge in [-0.25, -0.2) is 0 Å². The van der Waals surface area contributed by atoms with Crippen LogP contribution in [0.3, 0.4) is 0 Å². The highest BCUT2D eigenvalue weighted by molar-refractivity contribution is 7.12. The molecule has 1 aromatic rings. The quantitative estimate of drug-likeness (QED) is 0.847. The Bertz CT molecular complexity index is 467. The van der Waals surface area contributed by atoms with E-state index in [1.165, 1.54) is 22.6 Å². The van der Waals surface area contributed by atoms with E-state index in [0.717, 1.165) is 12.3 Å². The van der Waals surface area contributed by atoms with Gasteiger partial charge in [0.15, 0.2) is 0 Å². The van der Waals surface area contributed by atoms with Gasteiger partial charge in [-0.3, -0.25) is 0 Å². The minimum absolute atomic E-state index is 0.169. The van der Waals surface area contributed by atoms with E-state index in [9.17, 15) is 0 Å². The standard InChI is InChI=1S/C16H26N2OS/c1-11(2)6-5-7-12(3)18-14(10-16(17)19-18)15-9-8-13(4)20-15/h8-12,14H,5-7,17H2,1-4H3. The van der Waals surface area contributed by atoms with E-state index in [1.807, 2.05) is 17.4 Å². The van der Waals surface area contributed by atoms with Gasteiger partial charge < -0.3 is 10.6 Å². The third-order valence-corrected chi connectivity index (χ3v) is 4.77. The Kier molecular flexibility index (Phi) is 5.11. The topological polar surface area (TPSA) is 38.5 Å². The van der Waals surface area contributed by atoms with Crippen LogP contribution < -0.4 is 5.73 Å². The van der Waals surface area contributed by atoms with Gasteiger partial charge in [0.05, 0.1) is 0 Å². The van der Waals surface area contributed by atoms with Crippen LogP contribution in [0.25, 0.3) is 0 Å². The van der Waals surface area contributed by atoms with Crippen LogP contribution in [0.1, 0.15) is 55.8 Å². The highest BCUT2D eigenvalue weighted by Gasteiger charge is 2.32. The molecular formula is C16H26N2OS. The minimum atomic E-state index is 0.169. The summed E-state index contributed by atoms with van der Waals surface area (Å²) in [7, 11) is 0. The lowest BCUT2D eigenvalue weighted by Gasteiger charge is -2.28. The second kappa shape index (κ2) is 6.64. The van der Waals surface area contributed by atoms with Crippen molar-refractivity contribution < 1.29 is 4.84 Å². The van der Waals surface area contributed by atoms with E-state index in [0.29, 0.717) is 11.9 Å². The van der Waals surface area contributed by atoms with Crippen molar-refractivity contribution in [2.75, 3.05) is 0 Å². The van der Waals surface area contributed by atoms with Crippen LogP contribution in [0, 0.1) is 12.8 Å². The molecule has 4 heteroatoms. The summed E-state index contributed by atoms with van der Waals surface area (Å²) in [4.78, 5) is 8.37. The van der Waals surface area contributed by atoms with Gasteiger partial charge in [0, 0.05) is 21.9 Å². The SMILES string of the molecule is Cc1ccc(C2C=C(N)ON2C(C)CCCC(C)C)s1. The zero-order valence-electron chi connectivity index (χ0n) is 12.9. The average Bonchev–Trinajstić information content (AvgIpc) is 2.94. The smallest absolute Gasteiger partial charge is 0.207 e. The van der Waals surface area contributed by atoms with Crippen LogP contribution in [-0.4, -0.2) is 11.1 Å². The molecule has 2 heterocycles. The molecule has 2 rings (SSSR count). The van der Waals surface area contributed by atoms with Crippen molar-refractivity contribution in [1.82, 2.24) is 5.06 Å². The van der Waals surface area contributed by atoms with Crippen LogP contribution in [0.4, 0.5) is 0 Å². The maximum atomic E-state index is 5.88. The molecule has 0 bridgehead atoms. The lowest BCUT2D eigenvalue weighted by atomic mass is 10.0. The number of aryl methyl sites for hydroxylation is 1. The predicted molar refractivity (Wildman–Crippen MR) is 85.1 cm³/mol. The number of hydroxylamine groups is 2. The van der Waals surface area contributed by atoms with Crippen LogP contribution in [0.5, 0.6) is 0 Å². The minimum Gasteiger partial charge on any atom is -0.387 e. The van der Waals surface area contributed by atoms with E-state index in [-0.39, 0.29) is 6.04 Å². The molecule has 1 aliphatic rings. The van der Waals surface area contributed by atoms with Gasteiger partial charge in [-0.05, 0) is 38.3 Å². The van der Waals surface area contributed by atoms with Gasteiger partial charge in [-0.1, -0.05) is 26.7 Å². The van der Waals surface area contributed by atoms with Crippen LogP contribution in [0.15, 0.2) is 24.1 Å². The second-order valence-electron chi connectivity index (χ2n) is 6.09. The molecule has 0 spiro atoms. The van der Waals surface area contributed by atoms with Crippen molar-refractivity contribution in [3.63, 3.8) is 0 Å². The number of nitrogens with two attached hydrogens (primary N) is 1. The van der Waals surface area contributed by atoms with E-state index in [1.54, 1.807) is 0 Å². The monoisotopic (exact) mass is 294 g/mol. The fourth-order valence-corrected chi connectivity index (χ4v) is 3.51. The summed E-state index contributed by atoms with van der Waals surface area (Å²) >= 11 is 1.82. The molecule has 0 aromatic carbocycles. The molecule has 0 aliphatic carbocycles. The molecule has 3 nitrogen and oxygen atoms in total. The maximum absolute atomic E-state index is 5.88. The number of thiophene rings is 1. The molecule has 0 amide bonds. The van der Waals surface area contributed by atoms with Gasteiger partial charge in [0.1, 0.15) is 6.04 Å². The molecule has 2 N–H and O–H groups in total. The molecule has 1 aliphatic heterocycles. The zero-order chi connectivity index (χ0) is 14.7. The molecule has 112 valence electrons. The molecule has 0 saturated carbocycles. The van der Waals surface area contributed by atoms with Crippen molar-refractivity contribution in [1.29, 1.82) is 0 Å². The highest BCUT2D eigenvalue weighted by Crippen LogP contribution is 2.36. The summed E-state index contributed by atoms with van der Waals surface area (Å²) in [5, 5.41) is 2.06. The molecule has 1 aromatic heterocycles. The summed E-state index contributed by atoms with van der Waals surface area (Å²) in [6.07, 6.45) is 5.66. The summed E-state index contributed by atoms with van der Waals surface area (Å²) < 4.78 is 0. The Labute approximate surface area is 126 Å². The van der Waals surface area contributed by atoms with Gasteiger partial charge in [-0.15, -0.1) is 16.4 Å². The lowest BCUT2D eigenvalue weighted by molar-refractivity contribution is -0.149. The van der Waals surface area contributed by atoms with Crippen LogP contribution in [0.2, 0.25) is 0 Å². The van der Waals surface area contributed by atoms with Crippen molar-refractivity contribution in [2.45, 2.75) is 59.0 Å². The molecule has 0 radical (unpaired) electrons. The molecular weight excluding hydrogens is 268 g/mol. The molecule has 0 fully saturated rings. The van der Waals surface area contributed by atoms with E-state index >= 15 is 0 Å². The number of rotatable bonds is 6. The summed E-state index contributed by atoms with van der Waals surface area (Å²) in [6.45, 7) is 8.90. The maximum Gasteiger partial charge on any atom is 0.207 e. The average molecular weight is 294 g/mol. The van der Waals surface area contributed by atoms with Crippen molar-refractivity contribution in [3.8, 4) is 0 Å². The van der Waals surface area contributed by atoms with Gasteiger partial charge in [0.25, 0.3) is 0 Å². The van der Waals surface area contributed by atoms with Crippen LogP contribution >= 0.6 is 11.3 Å². The molecule has 0 saturated heterocycles. The zero-order valence-corrected chi connectivity index (χ0v) is 13.7. The largest absolute Gasteiger partial charge is 0.387 e. The van der Waals surface area contributed by atoms with Gasteiger partial charge >= 0.3 is 0 Å². The summed E-state index contributed by atoms with van der Waals surface area (Å²) in [5.41, 5.74) is 5.88. The molecule has 20 heavy (non-hydrogen) atoms. The van der Waals surface area contributed by atoms with E-state index in [4.69, 9.17) is 10.6 Å². The van der Waals surface area contributed by atoms with Gasteiger partial charge in [0.2, 0.25) is 5.88 Å². The van der Waals surface area contributed by atoms with Crippen molar-refractivity contribution >= 4 is 11.3 Å². The van der Waals surface area contributed by atoms with Gasteiger partial charge in [-0.2, -0.15) is 0 Å². The first-order chi connectivity index (χ1) is 9.47. The Hall–Kier alpha value is -1.00. The first-order valence-corrected chi connectivity index (χ1v) is 8.29. The third-order valence-electron chi connectivity index (χ3n) is 3.70. The number of hydrogen-bond donors (Lipinski definition) is 1. The highest BCUT2D eigenvalue weighted by atomic mass is 32.1. The third kappa shape index (κ3) is 3.76. The first-order valence-electron chi connectivity index (χ1n) is 7.47. The Morgan fingerprint density at radius 3 is 2.65 bits per heavy atom. The van der Waals surface area contributed by atoms with Crippen molar-refractivity contribution in [2.24, 2.45) is 11.7 Å². The van der Waals surface area contributed by atoms with E-state index in [2.05, 4.69) is 44.9 Å². The first kappa shape index (κ1) is 15.4. The number of hydrogen-bond acceptors (Lipinski definition) is 4. The summed E-state index contributed by atoms with van der Waals surface area (Å²) in [5.74, 6) is 1.29. The normalized spacial score (nSPS) is 21.1. The molecule has 2 atom stereocenters. The van der Waals surface area contributed by atoms with Crippen LogP contribution in [-0.2, 0) is 4.84 Å². The lowest BCUT2D eigenvalue weighted by Crippen LogP contribution is -2.32. The second-order valence-corrected chi connectivity index (χ2v) is 7.41. The Morgan fingerprint density at radius 1 is 1.30 bits per heavy atom. The van der Waals surface area contributed by atoms with Crippen molar-refractivity contribution in [3.05, 3.63) is 33.8 Å². The predicted octanol–water partition coefficient (Wildman–Crippen LogP) is 4.36. The summed E-state index contributed by atoms with van der Waals surface area (Å²) in [6, 6.07) is 4.88.